The van der Waals surface area contributed by atoms with Crippen molar-refractivity contribution in [2.75, 3.05) is 26.3 Å². The summed E-state index contributed by atoms with van der Waals surface area (Å²) in [6, 6.07) is 0. The van der Waals surface area contributed by atoms with Crippen LogP contribution in [0.4, 0.5) is 0 Å². The molecule has 1 saturated carbocycles. The van der Waals surface area contributed by atoms with Gasteiger partial charge in [0.05, 0.1) is 5.41 Å². The molecule has 18 heavy (non-hydrogen) atoms. The Morgan fingerprint density at radius 3 is 2.67 bits per heavy atom. The van der Waals surface area contributed by atoms with E-state index in [4.69, 9.17) is 10.5 Å². The zero-order valence-corrected chi connectivity index (χ0v) is 11.8. The minimum absolute atomic E-state index is 0.147. The minimum Gasteiger partial charge on any atom is -0.382 e. The van der Waals surface area contributed by atoms with Crippen LogP contribution in [0.2, 0.25) is 0 Å². The highest BCUT2D eigenvalue weighted by molar-refractivity contribution is 5.83. The summed E-state index contributed by atoms with van der Waals surface area (Å²) in [6.45, 7) is 6.83. The van der Waals surface area contributed by atoms with Crippen LogP contribution >= 0.6 is 0 Å². The summed E-state index contributed by atoms with van der Waals surface area (Å²) >= 11 is 0. The summed E-state index contributed by atoms with van der Waals surface area (Å²) in [7, 11) is 0. The molecule has 0 spiro atoms. The normalized spacial score (nSPS) is 28.1. The van der Waals surface area contributed by atoms with Crippen LogP contribution in [0, 0.1) is 11.3 Å². The lowest BCUT2D eigenvalue weighted by molar-refractivity contribution is -0.132. The number of ether oxygens (including phenoxy) is 1. The number of hydrogen-bond donors (Lipinski definition) is 2. The zero-order chi connectivity index (χ0) is 13.4. The maximum absolute atomic E-state index is 12.3. The van der Waals surface area contributed by atoms with Gasteiger partial charge in [-0.15, -0.1) is 0 Å². The second-order valence-corrected chi connectivity index (χ2v) is 5.47. The Morgan fingerprint density at radius 2 is 2.11 bits per heavy atom. The van der Waals surface area contributed by atoms with Gasteiger partial charge in [-0.2, -0.15) is 0 Å². The number of carbonyl (C=O) groups excluding carboxylic acids is 1. The van der Waals surface area contributed by atoms with E-state index in [0.717, 1.165) is 44.6 Å². The van der Waals surface area contributed by atoms with Gasteiger partial charge in [0.1, 0.15) is 0 Å². The lowest BCUT2D eigenvalue weighted by atomic mass is 9.70. The highest BCUT2D eigenvalue weighted by Gasteiger charge is 2.39. The van der Waals surface area contributed by atoms with Crippen molar-refractivity contribution in [1.82, 2.24) is 5.32 Å². The second-order valence-electron chi connectivity index (χ2n) is 5.47. The van der Waals surface area contributed by atoms with Crippen molar-refractivity contribution < 1.29 is 9.53 Å². The Bertz CT molecular complexity index is 248. The van der Waals surface area contributed by atoms with Crippen LogP contribution in [-0.4, -0.2) is 32.2 Å². The largest absolute Gasteiger partial charge is 0.382 e. The lowest BCUT2D eigenvalue weighted by Gasteiger charge is -2.37. The third-order valence-electron chi connectivity index (χ3n) is 4.06. The first kappa shape index (κ1) is 15.4. The van der Waals surface area contributed by atoms with Gasteiger partial charge in [0.25, 0.3) is 0 Å². The predicted octanol–water partition coefficient (Wildman–Crippen LogP) is 1.68. The van der Waals surface area contributed by atoms with E-state index in [0.29, 0.717) is 19.7 Å². The van der Waals surface area contributed by atoms with Gasteiger partial charge in [0, 0.05) is 26.3 Å². The van der Waals surface area contributed by atoms with Gasteiger partial charge >= 0.3 is 0 Å². The second kappa shape index (κ2) is 7.74. The molecular formula is C14H28N2O2. The standard InChI is InChI=1S/C14H28N2O2/c1-3-18-10-4-9-16-13(17)14(11-15)7-5-12(2)6-8-14/h12H,3-11,15H2,1-2H3,(H,16,17). The Kier molecular flexibility index (Phi) is 6.65. The summed E-state index contributed by atoms with van der Waals surface area (Å²) in [5, 5.41) is 3.02. The molecule has 0 atom stereocenters. The fourth-order valence-corrected chi connectivity index (χ4v) is 2.55. The molecule has 0 aromatic carbocycles. The van der Waals surface area contributed by atoms with Crippen molar-refractivity contribution in [3.8, 4) is 0 Å². The average molecular weight is 256 g/mol. The Labute approximate surface area is 111 Å². The number of nitrogens with two attached hydrogens (primary N) is 1. The van der Waals surface area contributed by atoms with Gasteiger partial charge in [-0.25, -0.2) is 0 Å². The number of carbonyl (C=O) groups is 1. The van der Waals surface area contributed by atoms with E-state index >= 15 is 0 Å². The fraction of sp³-hybridized carbons (Fsp3) is 0.929. The molecule has 3 N–H and O–H groups in total. The summed E-state index contributed by atoms with van der Waals surface area (Å²) in [4.78, 5) is 12.3. The van der Waals surface area contributed by atoms with Crippen LogP contribution in [0.3, 0.4) is 0 Å². The van der Waals surface area contributed by atoms with Gasteiger partial charge in [-0.3, -0.25) is 4.79 Å². The fourth-order valence-electron chi connectivity index (χ4n) is 2.55. The molecule has 0 saturated heterocycles. The topological polar surface area (TPSA) is 64.3 Å². The highest BCUT2D eigenvalue weighted by atomic mass is 16.5. The maximum Gasteiger partial charge on any atom is 0.227 e. The first-order valence-electron chi connectivity index (χ1n) is 7.20. The van der Waals surface area contributed by atoms with Gasteiger partial charge in [-0.1, -0.05) is 6.92 Å². The molecule has 4 nitrogen and oxygen atoms in total. The molecule has 0 aromatic rings. The van der Waals surface area contributed by atoms with Gasteiger partial charge in [0.2, 0.25) is 5.91 Å². The van der Waals surface area contributed by atoms with E-state index in [2.05, 4.69) is 12.2 Å². The molecule has 0 heterocycles. The molecule has 0 aromatic heterocycles. The predicted molar refractivity (Wildman–Crippen MR) is 73.2 cm³/mol. The molecule has 0 radical (unpaired) electrons. The molecule has 0 aliphatic heterocycles. The molecule has 0 bridgehead atoms. The van der Waals surface area contributed by atoms with E-state index < -0.39 is 0 Å². The van der Waals surface area contributed by atoms with Crippen LogP contribution in [0.25, 0.3) is 0 Å². The SMILES string of the molecule is CCOCCCNC(=O)C1(CN)CCC(C)CC1. The number of nitrogens with one attached hydrogen (secondary N) is 1. The van der Waals surface area contributed by atoms with Gasteiger partial charge < -0.3 is 15.8 Å². The third kappa shape index (κ3) is 4.25. The summed E-state index contributed by atoms with van der Waals surface area (Å²) < 4.78 is 5.25. The smallest absolute Gasteiger partial charge is 0.227 e. The van der Waals surface area contributed by atoms with Crippen LogP contribution in [0.15, 0.2) is 0 Å². The molecular weight excluding hydrogens is 228 g/mol. The Hall–Kier alpha value is -0.610. The first-order valence-corrected chi connectivity index (χ1v) is 7.20. The molecule has 106 valence electrons. The molecule has 1 aliphatic carbocycles. The van der Waals surface area contributed by atoms with Crippen molar-refractivity contribution in [2.45, 2.75) is 46.0 Å². The maximum atomic E-state index is 12.3. The summed E-state index contributed by atoms with van der Waals surface area (Å²) in [5.74, 6) is 0.879. The number of amides is 1. The quantitative estimate of drug-likeness (QED) is 0.681. The lowest BCUT2D eigenvalue weighted by Crippen LogP contribution is -2.48. The van der Waals surface area contributed by atoms with E-state index in [9.17, 15) is 4.79 Å². The van der Waals surface area contributed by atoms with E-state index in [-0.39, 0.29) is 11.3 Å². The molecule has 1 rings (SSSR count). The van der Waals surface area contributed by atoms with Crippen LogP contribution in [-0.2, 0) is 9.53 Å². The van der Waals surface area contributed by atoms with Crippen molar-refractivity contribution in [3.05, 3.63) is 0 Å². The van der Waals surface area contributed by atoms with Gasteiger partial charge in [-0.05, 0) is 44.9 Å². The van der Waals surface area contributed by atoms with Gasteiger partial charge in [0.15, 0.2) is 0 Å². The molecule has 1 fully saturated rings. The van der Waals surface area contributed by atoms with E-state index in [1.807, 2.05) is 6.92 Å². The van der Waals surface area contributed by atoms with E-state index in [1.54, 1.807) is 0 Å². The van der Waals surface area contributed by atoms with Crippen LogP contribution in [0.5, 0.6) is 0 Å². The van der Waals surface area contributed by atoms with Crippen molar-refractivity contribution in [2.24, 2.45) is 17.1 Å². The Morgan fingerprint density at radius 1 is 1.44 bits per heavy atom. The molecule has 1 amide bonds. The summed E-state index contributed by atoms with van der Waals surface area (Å²) in [5.41, 5.74) is 5.54. The first-order chi connectivity index (χ1) is 8.64. The average Bonchev–Trinajstić information content (AvgIpc) is 2.39. The Balaban J connectivity index is 2.33. The third-order valence-corrected chi connectivity index (χ3v) is 4.06. The minimum atomic E-state index is -0.307. The molecule has 1 aliphatic rings. The summed E-state index contributed by atoms with van der Waals surface area (Å²) in [6.07, 6.45) is 4.97. The number of hydrogen-bond acceptors (Lipinski definition) is 3. The number of rotatable bonds is 7. The zero-order valence-electron chi connectivity index (χ0n) is 11.8. The van der Waals surface area contributed by atoms with Crippen LogP contribution < -0.4 is 11.1 Å². The van der Waals surface area contributed by atoms with Crippen molar-refractivity contribution in [3.63, 3.8) is 0 Å². The molecule has 0 unspecified atom stereocenters. The highest BCUT2D eigenvalue weighted by Crippen LogP contribution is 2.38. The van der Waals surface area contributed by atoms with Crippen molar-refractivity contribution >= 4 is 5.91 Å². The van der Waals surface area contributed by atoms with E-state index in [1.165, 1.54) is 0 Å². The molecule has 4 heteroatoms. The monoisotopic (exact) mass is 256 g/mol. The van der Waals surface area contributed by atoms with Crippen molar-refractivity contribution in [1.29, 1.82) is 0 Å². The van der Waals surface area contributed by atoms with Crippen LogP contribution in [0.1, 0.15) is 46.0 Å².